The molecule has 0 aromatic heterocycles. The molecule has 1 aromatic carbocycles. The summed E-state index contributed by atoms with van der Waals surface area (Å²) in [4.78, 5) is 24.1. The lowest BCUT2D eigenvalue weighted by atomic mass is 10.1. The second-order valence-corrected chi connectivity index (χ2v) is 5.84. The molecule has 1 unspecified atom stereocenters. The molecule has 1 aliphatic rings. The molecule has 1 fully saturated rings. The Hall–Kier alpha value is -2.45. The van der Waals surface area contributed by atoms with E-state index in [1.807, 2.05) is 0 Å². The SMILES string of the molecule is CC(NC(=O)N1CCC(Oc2cccc(C(F)(F)F)c2)CC1)C(=O)O. The number of rotatable bonds is 4. The van der Waals surface area contributed by atoms with Gasteiger partial charge < -0.3 is 20.1 Å². The Morgan fingerprint density at radius 1 is 1.32 bits per heavy atom. The number of halogens is 3. The average molecular weight is 360 g/mol. The summed E-state index contributed by atoms with van der Waals surface area (Å²) in [5.74, 6) is -0.992. The first-order valence-electron chi connectivity index (χ1n) is 7.79. The number of amides is 2. The molecule has 2 rings (SSSR count). The molecule has 2 N–H and O–H groups in total. The lowest BCUT2D eigenvalue weighted by Gasteiger charge is -2.32. The van der Waals surface area contributed by atoms with Crippen molar-refractivity contribution in [1.29, 1.82) is 0 Å². The van der Waals surface area contributed by atoms with Crippen molar-refractivity contribution in [2.45, 2.75) is 38.1 Å². The number of nitrogens with zero attached hydrogens (tertiary/aromatic N) is 1. The zero-order valence-electron chi connectivity index (χ0n) is 13.5. The van der Waals surface area contributed by atoms with Gasteiger partial charge in [-0.15, -0.1) is 0 Å². The maximum Gasteiger partial charge on any atom is 0.416 e. The maximum absolute atomic E-state index is 12.7. The first-order chi connectivity index (χ1) is 11.7. The number of carbonyl (C=O) groups is 2. The van der Waals surface area contributed by atoms with Gasteiger partial charge in [-0.05, 0) is 25.1 Å². The molecule has 1 atom stereocenters. The van der Waals surface area contributed by atoms with E-state index in [0.717, 1.165) is 12.1 Å². The van der Waals surface area contributed by atoms with Crippen molar-refractivity contribution in [3.05, 3.63) is 29.8 Å². The summed E-state index contributed by atoms with van der Waals surface area (Å²) in [6.45, 7) is 2.04. The van der Waals surface area contributed by atoms with E-state index in [1.54, 1.807) is 0 Å². The van der Waals surface area contributed by atoms with Crippen LogP contribution in [0.2, 0.25) is 0 Å². The van der Waals surface area contributed by atoms with Crippen molar-refractivity contribution in [3.8, 4) is 5.75 Å². The van der Waals surface area contributed by atoms with Gasteiger partial charge in [0.1, 0.15) is 17.9 Å². The van der Waals surface area contributed by atoms with Crippen molar-refractivity contribution >= 4 is 12.0 Å². The first-order valence-corrected chi connectivity index (χ1v) is 7.79. The molecule has 0 spiro atoms. The molecule has 9 heteroatoms. The van der Waals surface area contributed by atoms with Gasteiger partial charge in [0, 0.05) is 25.9 Å². The van der Waals surface area contributed by atoms with Gasteiger partial charge in [-0.3, -0.25) is 4.79 Å². The van der Waals surface area contributed by atoms with Crippen LogP contribution in [0.3, 0.4) is 0 Å². The van der Waals surface area contributed by atoms with Gasteiger partial charge in [0.2, 0.25) is 0 Å². The number of hydrogen-bond acceptors (Lipinski definition) is 3. The van der Waals surface area contributed by atoms with Crippen LogP contribution in [0.5, 0.6) is 5.75 Å². The lowest BCUT2D eigenvalue weighted by Crippen LogP contribution is -2.50. The molecule has 1 heterocycles. The average Bonchev–Trinajstić information content (AvgIpc) is 2.54. The highest BCUT2D eigenvalue weighted by Crippen LogP contribution is 2.32. The Morgan fingerprint density at radius 2 is 1.96 bits per heavy atom. The van der Waals surface area contributed by atoms with Crippen LogP contribution in [0.1, 0.15) is 25.3 Å². The molecule has 2 amide bonds. The summed E-state index contributed by atoms with van der Waals surface area (Å²) in [6.07, 6.45) is -3.83. The number of urea groups is 1. The van der Waals surface area contributed by atoms with E-state index in [4.69, 9.17) is 9.84 Å². The number of alkyl halides is 3. The topological polar surface area (TPSA) is 78.9 Å². The molecule has 0 radical (unpaired) electrons. The molecule has 1 saturated heterocycles. The van der Waals surface area contributed by atoms with Crippen molar-refractivity contribution < 1.29 is 32.6 Å². The minimum atomic E-state index is -4.43. The van der Waals surface area contributed by atoms with Crippen LogP contribution >= 0.6 is 0 Å². The molecular weight excluding hydrogens is 341 g/mol. The molecular formula is C16H19F3N2O4. The smallest absolute Gasteiger partial charge is 0.416 e. The normalized spacial score (nSPS) is 17.0. The Bertz CT molecular complexity index is 628. The monoisotopic (exact) mass is 360 g/mol. The van der Waals surface area contributed by atoms with E-state index in [9.17, 15) is 22.8 Å². The number of carboxylic acid groups (broad SMARTS) is 1. The molecule has 6 nitrogen and oxygen atoms in total. The van der Waals surface area contributed by atoms with Crippen LogP contribution in [0.15, 0.2) is 24.3 Å². The highest BCUT2D eigenvalue weighted by atomic mass is 19.4. The summed E-state index contributed by atoms with van der Waals surface area (Å²) in [7, 11) is 0. The standard InChI is InChI=1S/C16H19F3N2O4/c1-10(14(22)23)20-15(24)21-7-5-12(6-8-21)25-13-4-2-3-11(9-13)16(17,18)19/h2-4,9-10,12H,5-8H2,1H3,(H,20,24)(H,22,23). The Kier molecular flexibility index (Phi) is 5.76. The third-order valence-corrected chi connectivity index (χ3v) is 3.90. The molecule has 1 aromatic rings. The number of hydrogen-bond donors (Lipinski definition) is 2. The first kappa shape index (κ1) is 18.9. The third-order valence-electron chi connectivity index (χ3n) is 3.90. The number of aliphatic carboxylic acids is 1. The molecule has 0 aliphatic carbocycles. The molecule has 0 bridgehead atoms. The number of piperidine rings is 1. The van der Waals surface area contributed by atoms with Gasteiger partial charge >= 0.3 is 18.2 Å². The fourth-order valence-corrected chi connectivity index (χ4v) is 2.45. The second-order valence-electron chi connectivity index (χ2n) is 5.84. The van der Waals surface area contributed by atoms with Crippen LogP contribution in [0.25, 0.3) is 0 Å². The predicted molar refractivity (Wildman–Crippen MR) is 82.3 cm³/mol. The molecule has 25 heavy (non-hydrogen) atoms. The van der Waals surface area contributed by atoms with Gasteiger partial charge in [0.15, 0.2) is 0 Å². The largest absolute Gasteiger partial charge is 0.490 e. The fraction of sp³-hybridized carbons (Fsp3) is 0.500. The van der Waals surface area contributed by atoms with Crippen molar-refractivity contribution in [2.75, 3.05) is 13.1 Å². The third kappa shape index (κ3) is 5.27. The highest BCUT2D eigenvalue weighted by molar-refractivity contribution is 5.82. The lowest BCUT2D eigenvalue weighted by molar-refractivity contribution is -0.139. The number of carboxylic acids is 1. The maximum atomic E-state index is 12.7. The predicted octanol–water partition coefficient (Wildman–Crippen LogP) is 2.73. The number of benzene rings is 1. The number of ether oxygens (including phenoxy) is 1. The molecule has 1 aliphatic heterocycles. The minimum absolute atomic E-state index is 0.136. The zero-order valence-corrected chi connectivity index (χ0v) is 13.5. The Morgan fingerprint density at radius 3 is 2.52 bits per heavy atom. The molecule has 0 saturated carbocycles. The van der Waals surface area contributed by atoms with Crippen molar-refractivity contribution in [2.24, 2.45) is 0 Å². The van der Waals surface area contributed by atoms with E-state index in [1.165, 1.54) is 24.0 Å². The van der Waals surface area contributed by atoms with Crippen molar-refractivity contribution in [1.82, 2.24) is 10.2 Å². The number of likely N-dealkylation sites (tertiary alicyclic amines) is 1. The van der Waals surface area contributed by atoms with Crippen LogP contribution in [0, 0.1) is 0 Å². The summed E-state index contributed by atoms with van der Waals surface area (Å²) in [5.41, 5.74) is -0.774. The Balaban J connectivity index is 1.86. The van der Waals surface area contributed by atoms with Gasteiger partial charge in [-0.25, -0.2) is 4.79 Å². The number of nitrogens with one attached hydrogen (secondary N) is 1. The summed E-state index contributed by atoms with van der Waals surface area (Å²) in [5, 5.41) is 11.1. The van der Waals surface area contributed by atoms with Gasteiger partial charge in [0.25, 0.3) is 0 Å². The van der Waals surface area contributed by atoms with Crippen molar-refractivity contribution in [3.63, 3.8) is 0 Å². The van der Waals surface area contributed by atoms with Crippen LogP contribution < -0.4 is 10.1 Å². The fourth-order valence-electron chi connectivity index (χ4n) is 2.45. The Labute approximate surface area is 142 Å². The van der Waals surface area contributed by atoms with Gasteiger partial charge in [-0.2, -0.15) is 13.2 Å². The van der Waals surface area contributed by atoms with E-state index in [0.29, 0.717) is 25.9 Å². The van der Waals surface area contributed by atoms with Crippen LogP contribution in [-0.4, -0.2) is 47.2 Å². The quantitative estimate of drug-likeness (QED) is 0.865. The summed E-state index contributed by atoms with van der Waals surface area (Å²) < 4.78 is 43.7. The van der Waals surface area contributed by atoms with E-state index >= 15 is 0 Å². The second kappa shape index (κ2) is 7.62. The van der Waals surface area contributed by atoms with Gasteiger partial charge in [0.05, 0.1) is 5.56 Å². The summed E-state index contributed by atoms with van der Waals surface area (Å²) in [6, 6.07) is 3.20. The highest BCUT2D eigenvalue weighted by Gasteiger charge is 2.31. The molecule has 138 valence electrons. The van der Waals surface area contributed by atoms with E-state index in [2.05, 4.69) is 5.32 Å². The van der Waals surface area contributed by atoms with Crippen LogP contribution in [0.4, 0.5) is 18.0 Å². The van der Waals surface area contributed by atoms with E-state index < -0.39 is 29.8 Å². The minimum Gasteiger partial charge on any atom is -0.490 e. The number of carbonyl (C=O) groups excluding carboxylic acids is 1. The summed E-state index contributed by atoms with van der Waals surface area (Å²) >= 11 is 0. The van der Waals surface area contributed by atoms with Crippen LogP contribution in [-0.2, 0) is 11.0 Å². The zero-order chi connectivity index (χ0) is 18.6. The van der Waals surface area contributed by atoms with Gasteiger partial charge in [-0.1, -0.05) is 6.07 Å². The van der Waals surface area contributed by atoms with E-state index in [-0.39, 0.29) is 11.9 Å².